The molecule has 0 aliphatic rings. The van der Waals surface area contributed by atoms with Gasteiger partial charge in [-0.3, -0.25) is 0 Å². The zero-order chi connectivity index (χ0) is 10.4. The Balaban J connectivity index is 4.00. The van der Waals surface area contributed by atoms with E-state index in [1.165, 1.54) is 0 Å². The molecule has 2 atom stereocenters. The molecular formula is C11H20O2. The van der Waals surface area contributed by atoms with Crippen molar-refractivity contribution >= 4 is 5.97 Å². The molecule has 0 heterocycles. The third-order valence-electron chi connectivity index (χ3n) is 2.75. The van der Waals surface area contributed by atoms with Gasteiger partial charge in [-0.15, -0.1) is 0 Å². The molecular weight excluding hydrogens is 164 g/mol. The molecule has 0 aliphatic carbocycles. The Labute approximate surface area is 80.7 Å². The molecule has 0 spiro atoms. The van der Waals surface area contributed by atoms with E-state index in [1.54, 1.807) is 6.92 Å². The van der Waals surface area contributed by atoms with E-state index in [2.05, 4.69) is 20.8 Å². The Hall–Kier alpha value is -0.790. The van der Waals surface area contributed by atoms with Crippen LogP contribution in [0.5, 0.6) is 0 Å². The number of carboxylic acids is 1. The number of hydrogen-bond acceptors (Lipinski definition) is 1. The zero-order valence-corrected chi connectivity index (χ0v) is 9.00. The summed E-state index contributed by atoms with van der Waals surface area (Å²) in [5.41, 5.74) is 0.454. The van der Waals surface area contributed by atoms with Crippen LogP contribution in [0.15, 0.2) is 11.6 Å². The van der Waals surface area contributed by atoms with Crippen molar-refractivity contribution in [2.24, 2.45) is 11.8 Å². The lowest BCUT2D eigenvalue weighted by Crippen LogP contribution is -2.06. The summed E-state index contributed by atoms with van der Waals surface area (Å²) in [6.07, 6.45) is 3.84. The highest BCUT2D eigenvalue weighted by atomic mass is 16.4. The van der Waals surface area contributed by atoms with Crippen molar-refractivity contribution in [2.75, 3.05) is 0 Å². The van der Waals surface area contributed by atoms with Gasteiger partial charge in [0.25, 0.3) is 0 Å². The summed E-state index contributed by atoms with van der Waals surface area (Å²) in [5, 5.41) is 8.62. The number of carbonyl (C=O) groups is 1. The molecule has 0 aromatic carbocycles. The molecule has 2 nitrogen and oxygen atoms in total. The zero-order valence-electron chi connectivity index (χ0n) is 9.00. The summed E-state index contributed by atoms with van der Waals surface area (Å²) in [7, 11) is 0. The molecule has 76 valence electrons. The van der Waals surface area contributed by atoms with Crippen molar-refractivity contribution < 1.29 is 9.90 Å². The van der Waals surface area contributed by atoms with Gasteiger partial charge in [-0.25, -0.2) is 4.79 Å². The molecule has 0 saturated heterocycles. The van der Waals surface area contributed by atoms with Crippen molar-refractivity contribution in [3.8, 4) is 0 Å². The monoisotopic (exact) mass is 184 g/mol. The Morgan fingerprint density at radius 1 is 1.38 bits per heavy atom. The summed E-state index contributed by atoms with van der Waals surface area (Å²) in [5.74, 6) is 0.425. The largest absolute Gasteiger partial charge is 0.478 e. The number of carboxylic acid groups (broad SMARTS) is 1. The maximum atomic E-state index is 10.5. The third kappa shape index (κ3) is 4.71. The number of hydrogen-bond donors (Lipinski definition) is 1. The van der Waals surface area contributed by atoms with Gasteiger partial charge in [-0.1, -0.05) is 33.3 Å². The van der Waals surface area contributed by atoms with Crippen LogP contribution in [0.2, 0.25) is 0 Å². The maximum Gasteiger partial charge on any atom is 0.330 e. The van der Waals surface area contributed by atoms with Gasteiger partial charge in [0, 0.05) is 5.57 Å². The van der Waals surface area contributed by atoms with Gasteiger partial charge >= 0.3 is 5.97 Å². The average Bonchev–Trinajstić information content (AvgIpc) is 2.11. The quantitative estimate of drug-likeness (QED) is 0.667. The summed E-state index contributed by atoms with van der Waals surface area (Å²) < 4.78 is 0. The molecule has 0 saturated carbocycles. The highest BCUT2D eigenvalue weighted by Gasteiger charge is 2.09. The van der Waals surface area contributed by atoms with Crippen LogP contribution in [0, 0.1) is 11.8 Å². The first-order valence-electron chi connectivity index (χ1n) is 4.89. The van der Waals surface area contributed by atoms with Gasteiger partial charge in [0.1, 0.15) is 0 Å². The van der Waals surface area contributed by atoms with E-state index in [9.17, 15) is 4.79 Å². The van der Waals surface area contributed by atoms with E-state index < -0.39 is 5.97 Å². The molecule has 0 aromatic heterocycles. The van der Waals surface area contributed by atoms with Crippen molar-refractivity contribution in [3.63, 3.8) is 0 Å². The lowest BCUT2D eigenvalue weighted by molar-refractivity contribution is -0.132. The topological polar surface area (TPSA) is 37.3 Å². The Morgan fingerprint density at radius 3 is 2.31 bits per heavy atom. The van der Waals surface area contributed by atoms with Gasteiger partial charge in [0.2, 0.25) is 0 Å². The first kappa shape index (κ1) is 12.2. The van der Waals surface area contributed by atoms with Gasteiger partial charge in [0.15, 0.2) is 0 Å². The van der Waals surface area contributed by atoms with Gasteiger partial charge in [-0.2, -0.15) is 0 Å². The summed E-state index contributed by atoms with van der Waals surface area (Å²) in [6.45, 7) is 8.18. The van der Waals surface area contributed by atoms with E-state index in [4.69, 9.17) is 5.11 Å². The van der Waals surface area contributed by atoms with Crippen LogP contribution < -0.4 is 0 Å². The average molecular weight is 184 g/mol. The summed E-state index contributed by atoms with van der Waals surface area (Å²) >= 11 is 0. The van der Waals surface area contributed by atoms with Crippen LogP contribution in [0.25, 0.3) is 0 Å². The van der Waals surface area contributed by atoms with Crippen LogP contribution in [0.3, 0.4) is 0 Å². The minimum atomic E-state index is -0.809. The van der Waals surface area contributed by atoms with Gasteiger partial charge in [-0.05, 0) is 25.2 Å². The van der Waals surface area contributed by atoms with E-state index in [0.717, 1.165) is 12.8 Å². The van der Waals surface area contributed by atoms with Gasteiger partial charge in [0.05, 0.1) is 0 Å². The molecule has 2 unspecified atom stereocenters. The molecule has 0 aliphatic heterocycles. The van der Waals surface area contributed by atoms with Crippen LogP contribution in [0.1, 0.15) is 40.5 Å². The molecule has 0 fully saturated rings. The predicted molar refractivity (Wildman–Crippen MR) is 54.6 cm³/mol. The summed E-state index contributed by atoms with van der Waals surface area (Å²) in [4.78, 5) is 10.5. The lowest BCUT2D eigenvalue weighted by atomic mass is 9.90. The van der Waals surface area contributed by atoms with Crippen molar-refractivity contribution in [1.82, 2.24) is 0 Å². The Kier molecular flexibility index (Phi) is 5.44. The van der Waals surface area contributed by atoms with Crippen molar-refractivity contribution in [1.29, 1.82) is 0 Å². The molecule has 0 aromatic rings. The van der Waals surface area contributed by atoms with Crippen LogP contribution in [-0.2, 0) is 4.79 Å². The first-order valence-corrected chi connectivity index (χ1v) is 4.89. The Morgan fingerprint density at radius 2 is 1.92 bits per heavy atom. The lowest BCUT2D eigenvalue weighted by Gasteiger charge is -2.16. The molecule has 0 rings (SSSR count). The maximum absolute atomic E-state index is 10.5. The first-order chi connectivity index (χ1) is 5.99. The van der Waals surface area contributed by atoms with Gasteiger partial charge < -0.3 is 5.11 Å². The molecule has 13 heavy (non-hydrogen) atoms. The fourth-order valence-corrected chi connectivity index (χ4v) is 1.08. The fourth-order valence-electron chi connectivity index (χ4n) is 1.08. The van der Waals surface area contributed by atoms with E-state index in [1.807, 2.05) is 6.08 Å². The van der Waals surface area contributed by atoms with Crippen LogP contribution in [-0.4, -0.2) is 11.1 Å². The highest BCUT2D eigenvalue weighted by molar-refractivity contribution is 5.85. The highest BCUT2D eigenvalue weighted by Crippen LogP contribution is 2.19. The molecule has 0 amide bonds. The second-order valence-electron chi connectivity index (χ2n) is 3.79. The second kappa shape index (κ2) is 5.79. The molecule has 0 radical (unpaired) electrons. The second-order valence-corrected chi connectivity index (χ2v) is 3.79. The van der Waals surface area contributed by atoms with Crippen molar-refractivity contribution in [2.45, 2.75) is 40.5 Å². The third-order valence-corrected chi connectivity index (χ3v) is 2.75. The minimum absolute atomic E-state index is 0.454. The molecule has 1 N–H and O–H groups in total. The number of rotatable bonds is 5. The Bertz CT molecular complexity index is 194. The molecule has 0 bridgehead atoms. The summed E-state index contributed by atoms with van der Waals surface area (Å²) in [6, 6.07) is 0. The van der Waals surface area contributed by atoms with Crippen LogP contribution >= 0.6 is 0 Å². The fraction of sp³-hybridized carbons (Fsp3) is 0.727. The molecule has 2 heteroatoms. The van der Waals surface area contributed by atoms with Crippen molar-refractivity contribution in [3.05, 3.63) is 11.6 Å². The van der Waals surface area contributed by atoms with E-state index in [-0.39, 0.29) is 0 Å². The minimum Gasteiger partial charge on any atom is -0.478 e. The SMILES string of the molecule is CCC(C)C(C)CC=C(C)C(=O)O. The van der Waals surface area contributed by atoms with E-state index >= 15 is 0 Å². The van der Waals surface area contributed by atoms with Crippen LogP contribution in [0.4, 0.5) is 0 Å². The predicted octanol–water partition coefficient (Wildman–Crippen LogP) is 3.09. The normalized spacial score (nSPS) is 16.8. The smallest absolute Gasteiger partial charge is 0.330 e. The van der Waals surface area contributed by atoms with E-state index in [0.29, 0.717) is 17.4 Å². The number of allylic oxidation sites excluding steroid dienone is 1. The number of aliphatic carboxylic acids is 1. The standard InChI is InChI=1S/C11H20O2/c1-5-8(2)9(3)6-7-10(4)11(12)13/h7-9H,5-6H2,1-4H3,(H,12,13).